The van der Waals surface area contributed by atoms with Crippen molar-refractivity contribution in [2.45, 2.75) is 19.5 Å². The maximum atomic E-state index is 12.5. The number of rotatable bonds is 2. The smallest absolute Gasteiger partial charge is 0.416 e. The molecule has 0 aliphatic carbocycles. The third kappa shape index (κ3) is 2.71. The van der Waals surface area contributed by atoms with Gasteiger partial charge in [-0.25, -0.2) is 0 Å². The van der Waals surface area contributed by atoms with Crippen molar-refractivity contribution in [2.24, 2.45) is 0 Å². The quantitative estimate of drug-likeness (QED) is 0.828. The number of phenols is 1. The van der Waals surface area contributed by atoms with Crippen molar-refractivity contribution in [3.8, 4) is 5.75 Å². The fraction of sp³-hybridized carbons (Fsp3) is 0.300. The van der Waals surface area contributed by atoms with Crippen LogP contribution in [0.4, 0.5) is 13.2 Å². The third-order valence-electron chi connectivity index (χ3n) is 1.88. The Morgan fingerprint density at radius 1 is 1.40 bits per heavy atom. The van der Waals surface area contributed by atoms with E-state index in [1.165, 1.54) is 6.92 Å². The summed E-state index contributed by atoms with van der Waals surface area (Å²) < 4.78 is 37.4. The predicted octanol–water partition coefficient (Wildman–Crippen LogP) is 2.54. The molecule has 82 valence electrons. The first-order valence-corrected chi connectivity index (χ1v) is 4.20. The molecule has 0 amide bonds. The maximum absolute atomic E-state index is 12.5. The lowest BCUT2D eigenvalue weighted by Crippen LogP contribution is -2.11. The van der Waals surface area contributed by atoms with Crippen LogP contribution in [-0.4, -0.2) is 10.9 Å². The predicted molar refractivity (Wildman–Crippen MR) is 47.5 cm³/mol. The molecule has 0 saturated heterocycles. The highest BCUT2D eigenvalue weighted by Crippen LogP contribution is 2.35. The molecule has 1 N–H and O–H groups in total. The summed E-state index contributed by atoms with van der Waals surface area (Å²) in [5.74, 6) is -0.929. The van der Waals surface area contributed by atoms with Gasteiger partial charge in [-0.1, -0.05) is 6.07 Å². The van der Waals surface area contributed by atoms with Gasteiger partial charge < -0.3 is 5.11 Å². The second-order valence-corrected chi connectivity index (χ2v) is 3.18. The molecule has 1 aromatic rings. The van der Waals surface area contributed by atoms with E-state index in [0.717, 1.165) is 18.2 Å². The van der Waals surface area contributed by atoms with Crippen LogP contribution in [0.1, 0.15) is 18.1 Å². The van der Waals surface area contributed by atoms with Gasteiger partial charge in [0, 0.05) is 12.0 Å². The molecule has 0 fully saturated rings. The minimum atomic E-state index is -4.55. The summed E-state index contributed by atoms with van der Waals surface area (Å²) in [6.45, 7) is 1.17. The average molecular weight is 218 g/mol. The van der Waals surface area contributed by atoms with Crippen LogP contribution < -0.4 is 0 Å². The van der Waals surface area contributed by atoms with Crippen LogP contribution >= 0.6 is 0 Å². The Morgan fingerprint density at radius 2 is 2.00 bits per heavy atom. The van der Waals surface area contributed by atoms with Crippen LogP contribution in [0.25, 0.3) is 0 Å². The Morgan fingerprint density at radius 3 is 2.47 bits per heavy atom. The van der Waals surface area contributed by atoms with E-state index >= 15 is 0 Å². The number of aromatic hydroxyl groups is 1. The fourth-order valence-corrected chi connectivity index (χ4v) is 1.27. The highest BCUT2D eigenvalue weighted by Gasteiger charge is 2.34. The van der Waals surface area contributed by atoms with Gasteiger partial charge in [-0.3, -0.25) is 4.79 Å². The van der Waals surface area contributed by atoms with Crippen LogP contribution in [0.5, 0.6) is 5.75 Å². The zero-order valence-corrected chi connectivity index (χ0v) is 7.93. The SMILES string of the molecule is CC(=O)Cc1c(O)cccc1C(F)(F)F. The van der Waals surface area contributed by atoms with Gasteiger partial charge in [0.15, 0.2) is 0 Å². The van der Waals surface area contributed by atoms with E-state index in [1.54, 1.807) is 0 Å². The molecule has 0 radical (unpaired) electrons. The number of hydrogen-bond acceptors (Lipinski definition) is 2. The maximum Gasteiger partial charge on any atom is 0.416 e. The lowest BCUT2D eigenvalue weighted by Gasteiger charge is -2.12. The van der Waals surface area contributed by atoms with Gasteiger partial charge in [-0.2, -0.15) is 13.2 Å². The first kappa shape index (κ1) is 11.6. The summed E-state index contributed by atoms with van der Waals surface area (Å²) in [6.07, 6.45) is -4.97. The van der Waals surface area contributed by atoms with Crippen molar-refractivity contribution in [3.63, 3.8) is 0 Å². The summed E-state index contributed by atoms with van der Waals surface area (Å²) in [4.78, 5) is 10.8. The van der Waals surface area contributed by atoms with E-state index in [-0.39, 0.29) is 5.56 Å². The summed E-state index contributed by atoms with van der Waals surface area (Å²) >= 11 is 0. The Balaban J connectivity index is 3.26. The van der Waals surface area contributed by atoms with Gasteiger partial charge in [0.05, 0.1) is 5.56 Å². The number of Topliss-reactive ketones (excluding diaryl/α,β-unsaturated/α-hetero) is 1. The van der Waals surface area contributed by atoms with Crippen molar-refractivity contribution in [3.05, 3.63) is 29.3 Å². The average Bonchev–Trinajstić information content (AvgIpc) is 2.05. The topological polar surface area (TPSA) is 37.3 Å². The molecule has 2 nitrogen and oxygen atoms in total. The molecule has 0 spiro atoms. The van der Waals surface area contributed by atoms with Crippen LogP contribution in [0, 0.1) is 0 Å². The molecule has 0 atom stereocenters. The van der Waals surface area contributed by atoms with Crippen LogP contribution in [0.2, 0.25) is 0 Å². The number of phenolic OH excluding ortho intramolecular Hbond substituents is 1. The second kappa shape index (κ2) is 3.92. The monoisotopic (exact) mass is 218 g/mol. The van der Waals surface area contributed by atoms with E-state index in [1.807, 2.05) is 0 Å². The molecule has 0 heterocycles. The molecular formula is C10H9F3O2. The highest BCUT2D eigenvalue weighted by molar-refractivity contribution is 5.79. The molecule has 1 rings (SSSR count). The summed E-state index contributed by atoms with van der Waals surface area (Å²) in [6, 6.07) is 3.08. The zero-order chi connectivity index (χ0) is 11.6. The molecule has 0 unspecified atom stereocenters. The fourth-order valence-electron chi connectivity index (χ4n) is 1.27. The first-order chi connectivity index (χ1) is 6.82. The van der Waals surface area contributed by atoms with Crippen molar-refractivity contribution in [1.29, 1.82) is 0 Å². The van der Waals surface area contributed by atoms with E-state index in [9.17, 15) is 23.1 Å². The third-order valence-corrected chi connectivity index (χ3v) is 1.88. The van der Waals surface area contributed by atoms with Gasteiger partial charge in [-0.15, -0.1) is 0 Å². The molecule has 0 aromatic heterocycles. The highest BCUT2D eigenvalue weighted by atomic mass is 19.4. The van der Waals surface area contributed by atoms with E-state index < -0.39 is 29.7 Å². The number of halogens is 3. The Labute approximate surface area is 84.3 Å². The Bertz CT molecular complexity index is 383. The zero-order valence-electron chi connectivity index (χ0n) is 7.93. The Kier molecular flexibility index (Phi) is 3.02. The number of benzene rings is 1. The van der Waals surface area contributed by atoms with Crippen molar-refractivity contribution in [2.75, 3.05) is 0 Å². The van der Waals surface area contributed by atoms with Crippen molar-refractivity contribution < 1.29 is 23.1 Å². The van der Waals surface area contributed by atoms with Crippen molar-refractivity contribution >= 4 is 5.78 Å². The van der Waals surface area contributed by atoms with Crippen molar-refractivity contribution in [1.82, 2.24) is 0 Å². The normalized spacial score (nSPS) is 11.5. The standard InChI is InChI=1S/C10H9F3O2/c1-6(14)5-7-8(10(11,12)13)3-2-4-9(7)15/h2-4,15H,5H2,1H3. The largest absolute Gasteiger partial charge is 0.508 e. The minimum absolute atomic E-state index is 0.363. The molecule has 0 saturated carbocycles. The molecular weight excluding hydrogens is 209 g/mol. The number of carbonyl (C=O) groups is 1. The lowest BCUT2D eigenvalue weighted by atomic mass is 10.0. The van der Waals surface area contributed by atoms with E-state index in [2.05, 4.69) is 0 Å². The van der Waals surface area contributed by atoms with Crippen LogP contribution in [0.3, 0.4) is 0 Å². The summed E-state index contributed by atoms with van der Waals surface area (Å²) in [5.41, 5.74) is -1.32. The molecule has 0 aliphatic heterocycles. The first-order valence-electron chi connectivity index (χ1n) is 4.20. The van der Waals surface area contributed by atoms with E-state index in [4.69, 9.17) is 0 Å². The molecule has 15 heavy (non-hydrogen) atoms. The van der Waals surface area contributed by atoms with Gasteiger partial charge in [0.2, 0.25) is 0 Å². The number of alkyl halides is 3. The number of ketones is 1. The van der Waals surface area contributed by atoms with E-state index in [0.29, 0.717) is 0 Å². The van der Waals surface area contributed by atoms with Gasteiger partial charge in [0.25, 0.3) is 0 Å². The number of hydrogen-bond donors (Lipinski definition) is 1. The molecule has 0 bridgehead atoms. The second-order valence-electron chi connectivity index (χ2n) is 3.18. The molecule has 0 aliphatic rings. The van der Waals surface area contributed by atoms with Gasteiger partial charge in [0.1, 0.15) is 11.5 Å². The summed E-state index contributed by atoms with van der Waals surface area (Å²) in [5, 5.41) is 9.25. The molecule has 1 aromatic carbocycles. The lowest BCUT2D eigenvalue weighted by molar-refractivity contribution is -0.138. The van der Waals surface area contributed by atoms with Gasteiger partial charge in [-0.05, 0) is 19.1 Å². The summed E-state index contributed by atoms with van der Waals surface area (Å²) in [7, 11) is 0. The molecule has 5 heteroatoms. The Hall–Kier alpha value is -1.52. The van der Waals surface area contributed by atoms with Gasteiger partial charge >= 0.3 is 6.18 Å². The van der Waals surface area contributed by atoms with Crippen LogP contribution in [-0.2, 0) is 17.4 Å². The van der Waals surface area contributed by atoms with Crippen LogP contribution in [0.15, 0.2) is 18.2 Å². The minimum Gasteiger partial charge on any atom is -0.508 e. The number of carbonyl (C=O) groups excluding carboxylic acids is 1.